The summed E-state index contributed by atoms with van der Waals surface area (Å²) in [4.78, 5) is 10.7. The number of carbonyl (C=O) groups excluding carboxylic acids is 1. The Balaban J connectivity index is 2.36. The monoisotopic (exact) mass is 236 g/mol. The fourth-order valence-electron chi connectivity index (χ4n) is 1.08. The van der Waals surface area contributed by atoms with Crippen LogP contribution in [0.2, 0.25) is 0 Å². The lowest BCUT2D eigenvalue weighted by molar-refractivity contribution is -0.147. The van der Waals surface area contributed by atoms with Gasteiger partial charge in [0, 0.05) is 0 Å². The normalized spacial score (nSPS) is 26.7. The van der Waals surface area contributed by atoms with Gasteiger partial charge in [0.15, 0.2) is 18.0 Å². The molecule has 0 saturated heterocycles. The molecule has 86 valence electrons. The lowest BCUT2D eigenvalue weighted by Gasteiger charge is -2.20. The Morgan fingerprint density at radius 1 is 1.73 bits per heavy atom. The smallest absolute Gasteiger partial charge is 0.315 e. The minimum Gasteiger partial charge on any atom is -0.506 e. The van der Waals surface area contributed by atoms with Crippen LogP contribution in [0.1, 0.15) is 0 Å². The van der Waals surface area contributed by atoms with Crippen molar-refractivity contribution >= 4 is 18.6 Å². The third-order valence-electron chi connectivity index (χ3n) is 1.88. The van der Waals surface area contributed by atoms with Gasteiger partial charge in [-0.1, -0.05) is 0 Å². The molecule has 0 spiro atoms. The predicted molar refractivity (Wildman–Crippen MR) is 52.4 cm³/mol. The highest BCUT2D eigenvalue weighted by molar-refractivity contribution is 7.81. The number of aliphatic hydroxyl groups is 3. The van der Waals surface area contributed by atoms with E-state index in [9.17, 15) is 15.0 Å². The Morgan fingerprint density at radius 3 is 2.87 bits per heavy atom. The maximum Gasteiger partial charge on any atom is 0.315 e. The molecular formula is C8H12O6S. The SMILES string of the molecule is O=C(CS)OCC(O)C1OC=C(O)C1O. The molecule has 6 nitrogen and oxygen atoms in total. The molecule has 0 aliphatic carbocycles. The van der Waals surface area contributed by atoms with Crippen LogP contribution in [0.5, 0.6) is 0 Å². The van der Waals surface area contributed by atoms with Crippen molar-refractivity contribution in [2.45, 2.75) is 18.3 Å². The van der Waals surface area contributed by atoms with E-state index in [-0.39, 0.29) is 18.1 Å². The van der Waals surface area contributed by atoms with Gasteiger partial charge in [0.2, 0.25) is 0 Å². The first kappa shape index (κ1) is 12.2. The van der Waals surface area contributed by atoms with Crippen LogP contribution < -0.4 is 0 Å². The average Bonchev–Trinajstić information content (AvgIpc) is 2.56. The minimum atomic E-state index is -1.30. The summed E-state index contributed by atoms with van der Waals surface area (Å²) in [6.45, 7) is -0.317. The zero-order valence-corrected chi connectivity index (χ0v) is 8.63. The summed E-state index contributed by atoms with van der Waals surface area (Å²) in [7, 11) is 0. The van der Waals surface area contributed by atoms with E-state index in [1.54, 1.807) is 0 Å². The predicted octanol–water partition coefficient (Wildman–Crippen LogP) is -1.02. The summed E-state index contributed by atoms with van der Waals surface area (Å²) in [6.07, 6.45) is -2.57. The van der Waals surface area contributed by atoms with E-state index in [0.717, 1.165) is 6.26 Å². The molecule has 0 aromatic rings. The zero-order valence-electron chi connectivity index (χ0n) is 7.74. The quantitative estimate of drug-likeness (QED) is 0.368. The number of hydrogen-bond acceptors (Lipinski definition) is 7. The van der Waals surface area contributed by atoms with E-state index in [2.05, 4.69) is 17.4 Å². The molecule has 1 aliphatic rings. The molecule has 1 aliphatic heterocycles. The number of carbonyl (C=O) groups is 1. The Morgan fingerprint density at radius 2 is 2.40 bits per heavy atom. The number of rotatable bonds is 4. The van der Waals surface area contributed by atoms with Gasteiger partial charge in [-0.2, -0.15) is 12.6 Å². The summed E-state index contributed by atoms with van der Waals surface area (Å²) in [5, 5.41) is 27.7. The summed E-state index contributed by atoms with van der Waals surface area (Å²) >= 11 is 3.67. The third-order valence-corrected chi connectivity index (χ3v) is 2.14. The first-order valence-electron chi connectivity index (χ1n) is 4.23. The molecule has 3 N–H and O–H groups in total. The van der Waals surface area contributed by atoms with Crippen LogP contribution in [-0.4, -0.2) is 52.0 Å². The van der Waals surface area contributed by atoms with Crippen LogP contribution in [0.3, 0.4) is 0 Å². The van der Waals surface area contributed by atoms with Crippen LogP contribution in [0, 0.1) is 0 Å². The summed E-state index contributed by atoms with van der Waals surface area (Å²) in [5.74, 6) is -1.04. The maximum absolute atomic E-state index is 10.7. The van der Waals surface area contributed by atoms with Crippen LogP contribution >= 0.6 is 12.6 Å². The molecule has 0 bridgehead atoms. The second-order valence-corrected chi connectivity index (χ2v) is 3.31. The molecule has 1 heterocycles. The minimum absolute atomic E-state index is 0.0930. The number of thiol groups is 1. The maximum atomic E-state index is 10.7. The van der Waals surface area contributed by atoms with Crippen molar-refractivity contribution in [3.63, 3.8) is 0 Å². The van der Waals surface area contributed by atoms with Crippen molar-refractivity contribution in [1.29, 1.82) is 0 Å². The summed E-state index contributed by atoms with van der Waals surface area (Å²) in [6, 6.07) is 0. The van der Waals surface area contributed by atoms with E-state index in [4.69, 9.17) is 9.84 Å². The third kappa shape index (κ3) is 3.01. The number of hydrogen-bond donors (Lipinski definition) is 4. The standard InChI is InChI=1S/C8H12O6S/c9-4-1-14-8(7(4)12)5(10)2-13-6(11)3-15/h1,5,7-10,12,15H,2-3H2. The van der Waals surface area contributed by atoms with E-state index in [1.165, 1.54) is 0 Å². The molecule has 0 aromatic heterocycles. The van der Waals surface area contributed by atoms with Crippen LogP contribution in [0.15, 0.2) is 12.0 Å². The fourth-order valence-corrected chi connectivity index (χ4v) is 1.17. The van der Waals surface area contributed by atoms with Gasteiger partial charge >= 0.3 is 5.97 Å². The van der Waals surface area contributed by atoms with Crippen LogP contribution in [-0.2, 0) is 14.3 Å². The molecule has 1 rings (SSSR count). The van der Waals surface area contributed by atoms with Gasteiger partial charge in [-0.25, -0.2) is 0 Å². The summed E-state index contributed by atoms with van der Waals surface area (Å²) < 4.78 is 9.37. The molecule has 0 saturated carbocycles. The van der Waals surface area contributed by atoms with Gasteiger partial charge < -0.3 is 24.8 Å². The average molecular weight is 236 g/mol. The summed E-state index contributed by atoms with van der Waals surface area (Å²) in [5.41, 5.74) is 0. The highest BCUT2D eigenvalue weighted by atomic mass is 32.1. The molecule has 0 radical (unpaired) electrons. The molecule has 0 fully saturated rings. The molecule has 3 atom stereocenters. The van der Waals surface area contributed by atoms with Gasteiger partial charge in [0.1, 0.15) is 19.0 Å². The largest absolute Gasteiger partial charge is 0.506 e. The van der Waals surface area contributed by atoms with Gasteiger partial charge in [0.25, 0.3) is 0 Å². The van der Waals surface area contributed by atoms with Crippen molar-refractivity contribution in [3.8, 4) is 0 Å². The second-order valence-electron chi connectivity index (χ2n) is 3.00. The zero-order chi connectivity index (χ0) is 11.4. The molecule has 3 unspecified atom stereocenters. The molecular weight excluding hydrogens is 224 g/mol. The first-order valence-corrected chi connectivity index (χ1v) is 4.86. The van der Waals surface area contributed by atoms with Crippen LogP contribution in [0.4, 0.5) is 0 Å². The Hall–Kier alpha value is -0.920. The molecule has 7 heteroatoms. The van der Waals surface area contributed by atoms with Crippen molar-refractivity contribution in [1.82, 2.24) is 0 Å². The number of aliphatic hydroxyl groups excluding tert-OH is 3. The highest BCUT2D eigenvalue weighted by Crippen LogP contribution is 2.19. The van der Waals surface area contributed by atoms with Crippen molar-refractivity contribution in [3.05, 3.63) is 12.0 Å². The lowest BCUT2D eigenvalue weighted by atomic mass is 10.1. The van der Waals surface area contributed by atoms with E-state index < -0.39 is 24.3 Å². The Kier molecular flexibility index (Phi) is 4.25. The second kappa shape index (κ2) is 5.24. The molecule has 0 amide bonds. The van der Waals surface area contributed by atoms with E-state index in [1.807, 2.05) is 0 Å². The number of ether oxygens (including phenoxy) is 2. The fraction of sp³-hybridized carbons (Fsp3) is 0.625. The Bertz CT molecular complexity index is 266. The molecule has 0 aromatic carbocycles. The van der Waals surface area contributed by atoms with Crippen molar-refractivity contribution in [2.24, 2.45) is 0 Å². The van der Waals surface area contributed by atoms with E-state index >= 15 is 0 Å². The molecule has 15 heavy (non-hydrogen) atoms. The van der Waals surface area contributed by atoms with E-state index in [0.29, 0.717) is 0 Å². The van der Waals surface area contributed by atoms with Crippen LogP contribution in [0.25, 0.3) is 0 Å². The van der Waals surface area contributed by atoms with Crippen molar-refractivity contribution < 1.29 is 29.6 Å². The van der Waals surface area contributed by atoms with Gasteiger partial charge in [-0.3, -0.25) is 4.79 Å². The topological polar surface area (TPSA) is 96.2 Å². The highest BCUT2D eigenvalue weighted by Gasteiger charge is 2.36. The first-order chi connectivity index (χ1) is 7.06. The van der Waals surface area contributed by atoms with Gasteiger partial charge in [-0.15, -0.1) is 0 Å². The van der Waals surface area contributed by atoms with Gasteiger partial charge in [0.05, 0.1) is 5.75 Å². The van der Waals surface area contributed by atoms with Gasteiger partial charge in [-0.05, 0) is 0 Å². The van der Waals surface area contributed by atoms with Crippen molar-refractivity contribution in [2.75, 3.05) is 12.4 Å². The lowest BCUT2D eigenvalue weighted by Crippen LogP contribution is -2.39. The number of esters is 1. The Labute approximate surface area is 91.5 Å².